The van der Waals surface area contributed by atoms with Gasteiger partial charge in [-0.25, -0.2) is 12.8 Å². The van der Waals surface area contributed by atoms with Crippen LogP contribution < -0.4 is 10.6 Å². The van der Waals surface area contributed by atoms with Crippen molar-refractivity contribution in [1.29, 1.82) is 0 Å². The molecule has 7 nitrogen and oxygen atoms in total. The molecular weight excluding hydrogens is 419 g/mol. The predicted octanol–water partition coefficient (Wildman–Crippen LogP) is 1.81. The number of nitrogens with one attached hydrogen (secondary N) is 2. The summed E-state index contributed by atoms with van der Waals surface area (Å²) in [6, 6.07) is 7.83. The van der Waals surface area contributed by atoms with Gasteiger partial charge in [0.15, 0.2) is 9.84 Å². The van der Waals surface area contributed by atoms with E-state index < -0.39 is 32.7 Å². The number of amides is 2. The van der Waals surface area contributed by atoms with Gasteiger partial charge in [-0.3, -0.25) is 9.59 Å². The topological polar surface area (TPSA) is 102 Å². The molecule has 1 aromatic heterocycles. The smallest absolute Gasteiger partial charge is 0.309 e. The van der Waals surface area contributed by atoms with Crippen molar-refractivity contribution in [1.82, 2.24) is 10.6 Å². The van der Waals surface area contributed by atoms with E-state index in [1.54, 1.807) is 17.5 Å². The molecule has 2 atom stereocenters. The Bertz CT molecular complexity index is 939. The van der Waals surface area contributed by atoms with Gasteiger partial charge >= 0.3 is 11.8 Å². The SMILES string of the molecule is O=C(NCC1CCCO1)C(=O)NCC(c1cccs1)S(=O)(=O)c1ccc(F)cc1. The van der Waals surface area contributed by atoms with Crippen molar-refractivity contribution in [2.24, 2.45) is 0 Å². The zero-order chi connectivity index (χ0) is 20.9. The molecule has 1 fully saturated rings. The first-order chi connectivity index (χ1) is 13.9. The molecule has 2 unspecified atom stereocenters. The summed E-state index contributed by atoms with van der Waals surface area (Å²) in [4.78, 5) is 24.6. The number of rotatable bonds is 7. The highest BCUT2D eigenvalue weighted by Crippen LogP contribution is 2.31. The third-order valence-electron chi connectivity index (χ3n) is 4.55. The maximum atomic E-state index is 13.2. The van der Waals surface area contributed by atoms with Crippen molar-refractivity contribution in [3.8, 4) is 0 Å². The molecule has 2 heterocycles. The standard InChI is InChI=1S/C19H21FN2O5S2/c20-13-5-7-15(8-6-13)29(25,26)17(16-4-2-10-28-16)12-22-19(24)18(23)21-11-14-3-1-9-27-14/h2,4-8,10,14,17H,1,3,9,11-12H2,(H,21,23)(H,22,24). The van der Waals surface area contributed by atoms with Crippen molar-refractivity contribution >= 4 is 33.0 Å². The molecule has 1 saturated heterocycles. The molecular formula is C19H21FN2O5S2. The molecule has 1 aliphatic heterocycles. The molecule has 2 amide bonds. The Hall–Kier alpha value is -2.30. The monoisotopic (exact) mass is 440 g/mol. The van der Waals surface area contributed by atoms with Crippen molar-refractivity contribution in [2.75, 3.05) is 19.7 Å². The van der Waals surface area contributed by atoms with E-state index in [1.807, 2.05) is 0 Å². The van der Waals surface area contributed by atoms with E-state index in [2.05, 4.69) is 10.6 Å². The number of ether oxygens (including phenoxy) is 1. The minimum atomic E-state index is -3.91. The van der Waals surface area contributed by atoms with E-state index in [0.29, 0.717) is 11.5 Å². The Morgan fingerprint density at radius 1 is 1.17 bits per heavy atom. The summed E-state index contributed by atoms with van der Waals surface area (Å²) in [5, 5.41) is 5.52. The maximum absolute atomic E-state index is 13.2. The third-order valence-corrected chi connectivity index (χ3v) is 7.78. The van der Waals surface area contributed by atoms with E-state index in [9.17, 15) is 22.4 Å². The molecule has 156 valence electrons. The lowest BCUT2D eigenvalue weighted by Crippen LogP contribution is -2.44. The number of sulfone groups is 1. The Morgan fingerprint density at radius 2 is 1.90 bits per heavy atom. The van der Waals surface area contributed by atoms with Gasteiger partial charge in [0.25, 0.3) is 0 Å². The number of halogens is 1. The fourth-order valence-corrected chi connectivity index (χ4v) is 5.77. The fourth-order valence-electron chi connectivity index (χ4n) is 2.98. The number of hydrogen-bond acceptors (Lipinski definition) is 6. The lowest BCUT2D eigenvalue weighted by atomic mass is 10.2. The van der Waals surface area contributed by atoms with E-state index in [0.717, 1.165) is 25.0 Å². The molecule has 1 aromatic carbocycles. The number of thiophene rings is 1. The van der Waals surface area contributed by atoms with E-state index in [1.165, 1.54) is 23.5 Å². The van der Waals surface area contributed by atoms with Gasteiger partial charge in [-0.1, -0.05) is 6.07 Å². The second-order valence-corrected chi connectivity index (χ2v) is 9.67. The highest BCUT2D eigenvalue weighted by Gasteiger charge is 2.31. The molecule has 0 saturated carbocycles. The van der Waals surface area contributed by atoms with Crippen LogP contribution in [0.5, 0.6) is 0 Å². The maximum Gasteiger partial charge on any atom is 0.309 e. The van der Waals surface area contributed by atoms with Crippen LogP contribution in [0.15, 0.2) is 46.7 Å². The third kappa shape index (κ3) is 5.40. The zero-order valence-electron chi connectivity index (χ0n) is 15.5. The van der Waals surface area contributed by atoms with Gasteiger partial charge in [0, 0.05) is 24.6 Å². The van der Waals surface area contributed by atoms with Gasteiger partial charge in [0.1, 0.15) is 11.1 Å². The fraction of sp³-hybridized carbons (Fsp3) is 0.368. The van der Waals surface area contributed by atoms with E-state index in [-0.39, 0.29) is 24.1 Å². The van der Waals surface area contributed by atoms with Crippen molar-refractivity contribution in [3.63, 3.8) is 0 Å². The Morgan fingerprint density at radius 3 is 2.52 bits per heavy atom. The molecule has 2 aromatic rings. The molecule has 0 aliphatic carbocycles. The Labute approximate surface area is 172 Å². The molecule has 1 aliphatic rings. The van der Waals surface area contributed by atoms with Gasteiger partial charge < -0.3 is 15.4 Å². The quantitative estimate of drug-likeness (QED) is 0.505. The first kappa shape index (κ1) is 21.4. The molecule has 29 heavy (non-hydrogen) atoms. The average molecular weight is 441 g/mol. The van der Waals surface area contributed by atoms with Crippen LogP contribution >= 0.6 is 11.3 Å². The van der Waals surface area contributed by atoms with Crippen LogP contribution in [0, 0.1) is 5.82 Å². The summed E-state index contributed by atoms with van der Waals surface area (Å²) in [6.07, 6.45) is 1.62. The minimum absolute atomic E-state index is 0.0608. The van der Waals surface area contributed by atoms with Crippen LogP contribution in [-0.4, -0.2) is 46.0 Å². The molecule has 10 heteroatoms. The van der Waals surface area contributed by atoms with E-state index >= 15 is 0 Å². The van der Waals surface area contributed by atoms with Crippen LogP contribution in [0.3, 0.4) is 0 Å². The van der Waals surface area contributed by atoms with Gasteiger partial charge in [0.05, 0.1) is 11.0 Å². The Kier molecular flexibility index (Phi) is 6.99. The van der Waals surface area contributed by atoms with Gasteiger partial charge in [-0.05, 0) is 48.6 Å². The second-order valence-electron chi connectivity index (χ2n) is 6.56. The lowest BCUT2D eigenvalue weighted by Gasteiger charge is -2.17. The van der Waals surface area contributed by atoms with Crippen LogP contribution in [0.1, 0.15) is 23.0 Å². The van der Waals surface area contributed by atoms with Crippen LogP contribution in [0.2, 0.25) is 0 Å². The van der Waals surface area contributed by atoms with Crippen molar-refractivity contribution < 1.29 is 27.1 Å². The van der Waals surface area contributed by atoms with Gasteiger partial charge in [-0.15, -0.1) is 11.3 Å². The first-order valence-corrected chi connectivity index (χ1v) is 11.5. The largest absolute Gasteiger partial charge is 0.376 e. The number of carbonyl (C=O) groups excluding carboxylic acids is 2. The summed E-state index contributed by atoms with van der Waals surface area (Å²) in [7, 11) is -3.91. The normalized spacial score (nSPS) is 17.6. The molecule has 0 bridgehead atoms. The van der Waals surface area contributed by atoms with Crippen LogP contribution in [0.4, 0.5) is 4.39 Å². The van der Waals surface area contributed by atoms with Crippen LogP contribution in [-0.2, 0) is 24.2 Å². The summed E-state index contributed by atoms with van der Waals surface area (Å²) < 4.78 is 44.6. The van der Waals surface area contributed by atoms with Gasteiger partial charge in [0.2, 0.25) is 0 Å². The second kappa shape index (κ2) is 9.47. The summed E-state index contributed by atoms with van der Waals surface area (Å²) in [5.41, 5.74) is 0. The number of hydrogen-bond donors (Lipinski definition) is 2. The molecule has 0 radical (unpaired) electrons. The average Bonchev–Trinajstić information content (AvgIpc) is 3.40. The number of carbonyl (C=O) groups is 2. The predicted molar refractivity (Wildman–Crippen MR) is 106 cm³/mol. The van der Waals surface area contributed by atoms with Crippen molar-refractivity contribution in [2.45, 2.75) is 29.1 Å². The van der Waals surface area contributed by atoms with Gasteiger partial charge in [-0.2, -0.15) is 0 Å². The van der Waals surface area contributed by atoms with E-state index in [4.69, 9.17) is 4.74 Å². The zero-order valence-corrected chi connectivity index (χ0v) is 17.1. The molecule has 2 N–H and O–H groups in total. The van der Waals surface area contributed by atoms with Crippen molar-refractivity contribution in [3.05, 3.63) is 52.5 Å². The summed E-state index contributed by atoms with van der Waals surface area (Å²) in [6.45, 7) is 0.581. The highest BCUT2D eigenvalue weighted by atomic mass is 32.2. The first-order valence-electron chi connectivity index (χ1n) is 9.08. The lowest BCUT2D eigenvalue weighted by molar-refractivity contribution is -0.139. The van der Waals surface area contributed by atoms with Crippen LogP contribution in [0.25, 0.3) is 0 Å². The molecule has 0 spiro atoms. The minimum Gasteiger partial charge on any atom is -0.376 e. The summed E-state index contributed by atoms with van der Waals surface area (Å²) in [5.74, 6) is -2.31. The Balaban J connectivity index is 1.67. The number of benzene rings is 1. The molecule has 3 rings (SSSR count). The highest BCUT2D eigenvalue weighted by molar-refractivity contribution is 7.91. The summed E-state index contributed by atoms with van der Waals surface area (Å²) >= 11 is 1.22.